The number of benzene rings is 1. The molecule has 2 amide bonds. The second kappa shape index (κ2) is 5.84. The molecule has 7 heteroatoms. The van der Waals surface area contributed by atoms with Gasteiger partial charge < -0.3 is 10.4 Å². The SMILES string of the molecule is O=C(Cc1ccccc1)N[C@@H]1S[C@H]2CC=C(C(=O)O)N2C1=O. The number of carbonyl (C=O) groups is 3. The molecule has 0 spiro atoms. The molecule has 1 aromatic rings. The van der Waals surface area contributed by atoms with E-state index in [4.69, 9.17) is 5.11 Å². The van der Waals surface area contributed by atoms with Crippen molar-refractivity contribution in [3.63, 3.8) is 0 Å². The number of amides is 2. The molecule has 114 valence electrons. The standard InChI is InChI=1S/C15H14N2O4S/c18-11(8-9-4-2-1-3-5-9)16-13-14(19)17-10(15(20)21)6-7-12(17)22-13/h1-6,12-13H,7-8H2,(H,16,18)(H,20,21)/t12-,13+/m0/s1. The molecular formula is C15H14N2O4S. The minimum Gasteiger partial charge on any atom is -0.477 e. The number of carboxylic acids is 1. The van der Waals surface area contributed by atoms with Crippen molar-refractivity contribution in [3.8, 4) is 0 Å². The van der Waals surface area contributed by atoms with Gasteiger partial charge in [0.15, 0.2) is 5.37 Å². The second-order valence-corrected chi connectivity index (χ2v) is 6.33. The summed E-state index contributed by atoms with van der Waals surface area (Å²) in [7, 11) is 0. The Kier molecular flexibility index (Phi) is 3.89. The third-order valence-electron chi connectivity index (χ3n) is 3.53. The second-order valence-electron chi connectivity index (χ2n) is 5.04. The molecule has 1 saturated heterocycles. The van der Waals surface area contributed by atoms with E-state index in [1.54, 1.807) is 6.08 Å². The van der Waals surface area contributed by atoms with E-state index in [2.05, 4.69) is 5.32 Å². The number of nitrogens with one attached hydrogen (secondary N) is 1. The number of rotatable bonds is 4. The van der Waals surface area contributed by atoms with Crippen LogP contribution in [0.2, 0.25) is 0 Å². The van der Waals surface area contributed by atoms with Crippen LogP contribution >= 0.6 is 11.8 Å². The van der Waals surface area contributed by atoms with Gasteiger partial charge >= 0.3 is 5.97 Å². The Morgan fingerprint density at radius 1 is 1.32 bits per heavy atom. The fraction of sp³-hybridized carbons (Fsp3) is 0.267. The van der Waals surface area contributed by atoms with Crippen molar-refractivity contribution >= 4 is 29.5 Å². The largest absolute Gasteiger partial charge is 0.477 e. The van der Waals surface area contributed by atoms with Crippen LogP contribution in [0, 0.1) is 0 Å². The van der Waals surface area contributed by atoms with E-state index >= 15 is 0 Å². The Balaban J connectivity index is 1.63. The van der Waals surface area contributed by atoms with Gasteiger partial charge in [0, 0.05) is 0 Å². The number of thioether (sulfide) groups is 1. The normalized spacial score (nSPS) is 23.2. The fourth-order valence-corrected chi connectivity index (χ4v) is 3.84. The fourth-order valence-electron chi connectivity index (χ4n) is 2.55. The summed E-state index contributed by atoms with van der Waals surface area (Å²) in [5.74, 6) is -1.74. The van der Waals surface area contributed by atoms with Gasteiger partial charge in [-0.1, -0.05) is 36.4 Å². The lowest BCUT2D eigenvalue weighted by Crippen LogP contribution is -2.41. The number of hydrogen-bond donors (Lipinski definition) is 2. The molecule has 0 unspecified atom stereocenters. The maximum atomic E-state index is 12.3. The van der Waals surface area contributed by atoms with Crippen LogP contribution in [0.3, 0.4) is 0 Å². The van der Waals surface area contributed by atoms with Gasteiger partial charge in [0.2, 0.25) is 5.91 Å². The number of carboxylic acid groups (broad SMARTS) is 1. The van der Waals surface area contributed by atoms with Crippen LogP contribution in [0.5, 0.6) is 0 Å². The highest BCUT2D eigenvalue weighted by atomic mass is 32.2. The van der Waals surface area contributed by atoms with E-state index in [1.165, 1.54) is 16.7 Å². The summed E-state index contributed by atoms with van der Waals surface area (Å²) >= 11 is 1.28. The van der Waals surface area contributed by atoms with Crippen LogP contribution in [0.4, 0.5) is 0 Å². The zero-order chi connectivity index (χ0) is 15.7. The zero-order valence-corrected chi connectivity index (χ0v) is 12.4. The monoisotopic (exact) mass is 318 g/mol. The highest BCUT2D eigenvalue weighted by Crippen LogP contribution is 2.39. The van der Waals surface area contributed by atoms with Gasteiger partial charge in [-0.3, -0.25) is 14.5 Å². The summed E-state index contributed by atoms with van der Waals surface area (Å²) in [6.07, 6.45) is 2.22. The minimum atomic E-state index is -1.12. The summed E-state index contributed by atoms with van der Waals surface area (Å²) in [6.45, 7) is 0. The molecule has 1 aromatic carbocycles. The first-order valence-corrected chi connectivity index (χ1v) is 7.76. The lowest BCUT2D eigenvalue weighted by Gasteiger charge is -2.16. The van der Waals surface area contributed by atoms with Crippen molar-refractivity contribution in [2.45, 2.75) is 23.6 Å². The van der Waals surface area contributed by atoms with Crippen LogP contribution < -0.4 is 5.32 Å². The Bertz CT molecular complexity index is 659. The average molecular weight is 318 g/mol. The molecule has 0 bridgehead atoms. The smallest absolute Gasteiger partial charge is 0.352 e. The molecule has 2 N–H and O–H groups in total. The molecule has 0 aliphatic carbocycles. The maximum absolute atomic E-state index is 12.3. The Morgan fingerprint density at radius 3 is 2.73 bits per heavy atom. The highest BCUT2D eigenvalue weighted by Gasteiger charge is 2.46. The van der Waals surface area contributed by atoms with Crippen LogP contribution in [0.25, 0.3) is 0 Å². The number of carbonyl (C=O) groups excluding carboxylic acids is 2. The van der Waals surface area contributed by atoms with Gasteiger partial charge in [-0.05, 0) is 12.0 Å². The van der Waals surface area contributed by atoms with Gasteiger partial charge in [-0.2, -0.15) is 0 Å². The molecule has 0 aromatic heterocycles. The molecule has 0 radical (unpaired) electrons. The quantitative estimate of drug-likeness (QED) is 0.863. The number of aliphatic carboxylic acids is 1. The average Bonchev–Trinajstić information content (AvgIpc) is 3.02. The van der Waals surface area contributed by atoms with Crippen molar-refractivity contribution in [3.05, 3.63) is 47.7 Å². The predicted molar refractivity (Wildman–Crippen MR) is 80.6 cm³/mol. The van der Waals surface area contributed by atoms with E-state index in [0.717, 1.165) is 5.56 Å². The summed E-state index contributed by atoms with van der Waals surface area (Å²) in [5, 5.41) is 10.8. The van der Waals surface area contributed by atoms with Crippen molar-refractivity contribution in [2.75, 3.05) is 0 Å². The Hall–Kier alpha value is -2.28. The van der Waals surface area contributed by atoms with Gasteiger partial charge in [-0.25, -0.2) is 4.79 Å². The first-order valence-electron chi connectivity index (χ1n) is 6.81. The van der Waals surface area contributed by atoms with E-state index in [-0.39, 0.29) is 29.3 Å². The van der Waals surface area contributed by atoms with Gasteiger partial charge in [0.05, 0.1) is 11.8 Å². The number of fused-ring (bicyclic) bond motifs is 1. The topological polar surface area (TPSA) is 86.7 Å². The first-order chi connectivity index (χ1) is 10.6. The summed E-state index contributed by atoms with van der Waals surface area (Å²) < 4.78 is 0. The van der Waals surface area contributed by atoms with E-state index in [9.17, 15) is 14.4 Å². The molecule has 2 aliphatic heterocycles. The molecule has 6 nitrogen and oxygen atoms in total. The van der Waals surface area contributed by atoms with Crippen LogP contribution in [-0.4, -0.2) is 38.5 Å². The van der Waals surface area contributed by atoms with Crippen molar-refractivity contribution in [2.24, 2.45) is 0 Å². The maximum Gasteiger partial charge on any atom is 0.352 e. The van der Waals surface area contributed by atoms with Crippen LogP contribution in [-0.2, 0) is 20.8 Å². The van der Waals surface area contributed by atoms with Crippen LogP contribution in [0.1, 0.15) is 12.0 Å². The van der Waals surface area contributed by atoms with Crippen molar-refractivity contribution < 1.29 is 19.5 Å². The zero-order valence-electron chi connectivity index (χ0n) is 11.6. The molecule has 1 fully saturated rings. The number of hydrogen-bond acceptors (Lipinski definition) is 4. The molecule has 2 atom stereocenters. The van der Waals surface area contributed by atoms with E-state index in [0.29, 0.717) is 6.42 Å². The molecule has 0 saturated carbocycles. The van der Waals surface area contributed by atoms with Crippen LogP contribution in [0.15, 0.2) is 42.1 Å². The molecule has 2 aliphatic rings. The third-order valence-corrected chi connectivity index (χ3v) is 4.84. The molecule has 3 rings (SSSR count). The van der Waals surface area contributed by atoms with Crippen molar-refractivity contribution in [1.29, 1.82) is 0 Å². The Labute approximate surface area is 131 Å². The van der Waals surface area contributed by atoms with E-state index in [1.807, 2.05) is 30.3 Å². The lowest BCUT2D eigenvalue weighted by molar-refractivity contribution is -0.139. The number of nitrogens with zero attached hydrogens (tertiary/aromatic N) is 1. The molecular weight excluding hydrogens is 304 g/mol. The minimum absolute atomic E-state index is 0.00214. The van der Waals surface area contributed by atoms with Crippen molar-refractivity contribution in [1.82, 2.24) is 10.2 Å². The van der Waals surface area contributed by atoms with E-state index < -0.39 is 11.3 Å². The highest BCUT2D eigenvalue weighted by molar-refractivity contribution is 8.01. The Morgan fingerprint density at radius 2 is 2.05 bits per heavy atom. The predicted octanol–water partition coefficient (Wildman–Crippen LogP) is 0.945. The first kappa shape index (κ1) is 14.6. The van der Waals surface area contributed by atoms with Gasteiger partial charge in [-0.15, -0.1) is 11.8 Å². The molecule has 2 heterocycles. The van der Waals surface area contributed by atoms with Gasteiger partial charge in [0.25, 0.3) is 5.91 Å². The van der Waals surface area contributed by atoms with Gasteiger partial charge in [0.1, 0.15) is 5.70 Å². The summed E-state index contributed by atoms with van der Waals surface area (Å²) in [6, 6.07) is 9.24. The summed E-state index contributed by atoms with van der Waals surface area (Å²) in [5.41, 5.74) is 0.865. The third kappa shape index (κ3) is 2.71. The lowest BCUT2D eigenvalue weighted by atomic mass is 10.1. The summed E-state index contributed by atoms with van der Waals surface area (Å²) in [4.78, 5) is 36.7. The molecule has 22 heavy (non-hydrogen) atoms.